The Labute approximate surface area is 80.0 Å². The van der Waals surface area contributed by atoms with Crippen LogP contribution in [0.1, 0.15) is 25.0 Å². The van der Waals surface area contributed by atoms with Gasteiger partial charge >= 0.3 is 0 Å². The number of benzene rings is 1. The second-order valence-electron chi connectivity index (χ2n) is 2.61. The molecule has 0 saturated heterocycles. The fourth-order valence-electron chi connectivity index (χ4n) is 0.950. The fourth-order valence-corrected chi connectivity index (χ4v) is 0.950. The number of aryl methyl sites for hydroxylation is 1. The van der Waals surface area contributed by atoms with Crippen LogP contribution in [-0.4, -0.2) is 7.05 Å². The van der Waals surface area contributed by atoms with E-state index in [1.165, 1.54) is 0 Å². The summed E-state index contributed by atoms with van der Waals surface area (Å²) in [6.07, 6.45) is 0. The number of nitrogens with one attached hydrogen (secondary N) is 1. The zero-order valence-electron chi connectivity index (χ0n) is 8.82. The quantitative estimate of drug-likeness (QED) is 0.743. The summed E-state index contributed by atoms with van der Waals surface area (Å²) in [5.74, 6) is -0.127. The lowest BCUT2D eigenvalue weighted by Crippen LogP contribution is -2.05. The van der Waals surface area contributed by atoms with E-state index < -0.39 is 0 Å². The Balaban J connectivity index is 0.000000671. The average Bonchev–Trinajstić information content (AvgIpc) is 2.15. The molecule has 74 valence electrons. The molecular weight excluding hydrogens is 165 g/mol. The molecule has 0 aliphatic carbocycles. The fraction of sp³-hybridized carbons (Fsp3) is 0.455. The Hall–Kier alpha value is -0.890. The highest BCUT2D eigenvalue weighted by molar-refractivity contribution is 5.22. The minimum Gasteiger partial charge on any atom is -0.316 e. The van der Waals surface area contributed by atoms with Crippen LogP contribution >= 0.6 is 0 Å². The molecule has 0 atom stereocenters. The minimum absolute atomic E-state index is 0.127. The third-order valence-electron chi connectivity index (χ3n) is 1.62. The van der Waals surface area contributed by atoms with Gasteiger partial charge in [0.05, 0.1) is 0 Å². The van der Waals surface area contributed by atoms with Crippen LogP contribution in [0.3, 0.4) is 0 Å². The molecular formula is C11H18FN. The van der Waals surface area contributed by atoms with Gasteiger partial charge in [0.15, 0.2) is 0 Å². The molecule has 1 aromatic rings. The lowest BCUT2D eigenvalue weighted by molar-refractivity contribution is 0.614. The van der Waals surface area contributed by atoms with E-state index in [0.29, 0.717) is 5.56 Å². The van der Waals surface area contributed by atoms with E-state index in [0.717, 1.165) is 12.1 Å². The van der Waals surface area contributed by atoms with E-state index in [-0.39, 0.29) is 5.82 Å². The van der Waals surface area contributed by atoms with Gasteiger partial charge < -0.3 is 5.32 Å². The molecule has 1 aromatic carbocycles. The predicted octanol–water partition coefficient (Wildman–Crippen LogP) is 2.88. The molecule has 0 unspecified atom stereocenters. The number of rotatable bonds is 2. The number of hydrogen-bond acceptors (Lipinski definition) is 1. The third kappa shape index (κ3) is 4.04. The molecule has 0 aliphatic heterocycles. The van der Waals surface area contributed by atoms with Gasteiger partial charge in [0.2, 0.25) is 0 Å². The van der Waals surface area contributed by atoms with Crippen molar-refractivity contribution in [3.63, 3.8) is 0 Å². The first kappa shape index (κ1) is 12.1. The SMILES string of the molecule is CC.CNCc1ccc(C)c(F)c1. The summed E-state index contributed by atoms with van der Waals surface area (Å²) in [5, 5.41) is 2.96. The zero-order chi connectivity index (χ0) is 10.3. The van der Waals surface area contributed by atoms with E-state index in [4.69, 9.17) is 0 Å². The molecule has 1 rings (SSSR count). The molecule has 0 aromatic heterocycles. The molecule has 13 heavy (non-hydrogen) atoms. The first-order chi connectivity index (χ1) is 6.24. The highest BCUT2D eigenvalue weighted by Crippen LogP contribution is 2.08. The molecule has 0 spiro atoms. The van der Waals surface area contributed by atoms with Gasteiger partial charge in [-0.2, -0.15) is 0 Å². The summed E-state index contributed by atoms with van der Waals surface area (Å²) >= 11 is 0. The number of hydrogen-bond donors (Lipinski definition) is 1. The molecule has 0 amide bonds. The van der Waals surface area contributed by atoms with Crippen LogP contribution in [0.2, 0.25) is 0 Å². The van der Waals surface area contributed by atoms with Crippen LogP contribution in [-0.2, 0) is 6.54 Å². The van der Waals surface area contributed by atoms with Gasteiger partial charge in [-0.15, -0.1) is 0 Å². The van der Waals surface area contributed by atoms with Gasteiger partial charge in [-0.05, 0) is 31.2 Å². The van der Waals surface area contributed by atoms with Crippen molar-refractivity contribution in [3.8, 4) is 0 Å². The molecule has 0 bridgehead atoms. The van der Waals surface area contributed by atoms with Crippen molar-refractivity contribution in [2.45, 2.75) is 27.3 Å². The lowest BCUT2D eigenvalue weighted by atomic mass is 10.1. The minimum atomic E-state index is -0.127. The molecule has 1 N–H and O–H groups in total. The lowest BCUT2D eigenvalue weighted by Gasteiger charge is -2.01. The molecule has 0 aliphatic rings. The van der Waals surface area contributed by atoms with E-state index in [1.54, 1.807) is 19.1 Å². The van der Waals surface area contributed by atoms with Crippen molar-refractivity contribution >= 4 is 0 Å². The summed E-state index contributed by atoms with van der Waals surface area (Å²) in [6, 6.07) is 5.28. The van der Waals surface area contributed by atoms with Gasteiger partial charge in [0.1, 0.15) is 5.82 Å². The Morgan fingerprint density at radius 1 is 1.31 bits per heavy atom. The highest BCUT2D eigenvalue weighted by atomic mass is 19.1. The standard InChI is InChI=1S/C9H12FN.C2H6/c1-7-3-4-8(6-11-2)5-9(7)10;1-2/h3-5,11H,6H2,1-2H3;1-2H3. The zero-order valence-corrected chi connectivity index (χ0v) is 8.82. The van der Waals surface area contributed by atoms with Crippen LogP contribution in [0.25, 0.3) is 0 Å². The second-order valence-corrected chi connectivity index (χ2v) is 2.61. The van der Waals surface area contributed by atoms with Crippen LogP contribution in [0, 0.1) is 12.7 Å². The highest BCUT2D eigenvalue weighted by Gasteiger charge is 1.97. The summed E-state index contributed by atoms with van der Waals surface area (Å²) in [6.45, 7) is 6.48. The topological polar surface area (TPSA) is 12.0 Å². The van der Waals surface area contributed by atoms with Crippen molar-refractivity contribution < 1.29 is 4.39 Å². The summed E-state index contributed by atoms with van der Waals surface area (Å²) in [7, 11) is 1.85. The van der Waals surface area contributed by atoms with Crippen LogP contribution in [0.5, 0.6) is 0 Å². The van der Waals surface area contributed by atoms with Crippen LogP contribution in [0.15, 0.2) is 18.2 Å². The van der Waals surface area contributed by atoms with Gasteiger partial charge in [-0.25, -0.2) is 4.39 Å². The molecule has 0 radical (unpaired) electrons. The Kier molecular flexibility index (Phi) is 6.15. The predicted molar refractivity (Wildman–Crippen MR) is 55.2 cm³/mol. The largest absolute Gasteiger partial charge is 0.316 e. The maximum absolute atomic E-state index is 12.9. The smallest absolute Gasteiger partial charge is 0.126 e. The van der Waals surface area contributed by atoms with E-state index in [1.807, 2.05) is 27.0 Å². The maximum atomic E-state index is 12.9. The normalized spacial score (nSPS) is 9.00. The summed E-state index contributed by atoms with van der Waals surface area (Å²) in [5.41, 5.74) is 1.68. The third-order valence-corrected chi connectivity index (χ3v) is 1.62. The Morgan fingerprint density at radius 3 is 2.38 bits per heavy atom. The summed E-state index contributed by atoms with van der Waals surface area (Å²) < 4.78 is 12.9. The van der Waals surface area contributed by atoms with Gasteiger partial charge in [-0.3, -0.25) is 0 Å². The van der Waals surface area contributed by atoms with Gasteiger partial charge in [0.25, 0.3) is 0 Å². The van der Waals surface area contributed by atoms with Gasteiger partial charge in [0, 0.05) is 6.54 Å². The molecule has 1 nitrogen and oxygen atoms in total. The molecule has 0 fully saturated rings. The van der Waals surface area contributed by atoms with Crippen molar-refractivity contribution in [3.05, 3.63) is 35.1 Å². The molecule has 0 heterocycles. The second kappa shape index (κ2) is 6.61. The Morgan fingerprint density at radius 2 is 1.92 bits per heavy atom. The number of halogens is 1. The monoisotopic (exact) mass is 183 g/mol. The van der Waals surface area contributed by atoms with E-state index >= 15 is 0 Å². The van der Waals surface area contributed by atoms with E-state index in [9.17, 15) is 4.39 Å². The van der Waals surface area contributed by atoms with Crippen LogP contribution < -0.4 is 5.32 Å². The summed E-state index contributed by atoms with van der Waals surface area (Å²) in [4.78, 5) is 0. The molecule has 0 saturated carbocycles. The van der Waals surface area contributed by atoms with Crippen molar-refractivity contribution in [2.24, 2.45) is 0 Å². The van der Waals surface area contributed by atoms with Gasteiger partial charge in [-0.1, -0.05) is 26.0 Å². The average molecular weight is 183 g/mol. The first-order valence-corrected chi connectivity index (χ1v) is 4.63. The van der Waals surface area contributed by atoms with Crippen molar-refractivity contribution in [1.29, 1.82) is 0 Å². The van der Waals surface area contributed by atoms with Crippen LogP contribution in [0.4, 0.5) is 4.39 Å². The van der Waals surface area contributed by atoms with E-state index in [2.05, 4.69) is 5.32 Å². The van der Waals surface area contributed by atoms with Crippen molar-refractivity contribution in [2.75, 3.05) is 7.05 Å². The molecule has 2 heteroatoms. The maximum Gasteiger partial charge on any atom is 0.126 e. The van der Waals surface area contributed by atoms with Crippen molar-refractivity contribution in [1.82, 2.24) is 5.32 Å². The first-order valence-electron chi connectivity index (χ1n) is 4.63. The Bertz CT molecular complexity index is 246.